The topological polar surface area (TPSA) is 65.0 Å². The van der Waals surface area contributed by atoms with Crippen molar-refractivity contribution in [2.45, 2.75) is 32.7 Å². The summed E-state index contributed by atoms with van der Waals surface area (Å²) in [5.41, 5.74) is -0.0863. The van der Waals surface area contributed by atoms with E-state index in [-0.39, 0.29) is 35.1 Å². The number of likely N-dealkylation sites (tertiary alicyclic amines) is 1. The van der Waals surface area contributed by atoms with Gasteiger partial charge in [0.2, 0.25) is 0 Å². The molecule has 0 saturated carbocycles. The number of aliphatic imine (C=N–C) groups is 1. The Morgan fingerprint density at radius 3 is 2.52 bits per heavy atom. The molecule has 0 aliphatic carbocycles. The van der Waals surface area contributed by atoms with Gasteiger partial charge in [-0.15, -0.1) is 24.0 Å². The first kappa shape index (κ1) is 22.7. The Kier molecular flexibility index (Phi) is 8.66. The number of hydrogen-bond acceptors (Lipinski definition) is 4. The minimum atomic E-state index is -2.91. The quantitative estimate of drug-likeness (QED) is 0.269. The van der Waals surface area contributed by atoms with E-state index in [9.17, 15) is 8.42 Å². The van der Waals surface area contributed by atoms with Gasteiger partial charge in [-0.3, -0.25) is 9.89 Å². The second kappa shape index (κ2) is 9.55. The number of sulfone groups is 1. The number of rotatable bonds is 6. The van der Waals surface area contributed by atoms with Crippen molar-refractivity contribution in [1.29, 1.82) is 0 Å². The molecule has 0 spiro atoms. The molecule has 2 rings (SSSR count). The van der Waals surface area contributed by atoms with Gasteiger partial charge in [0.25, 0.3) is 0 Å². The molecule has 2 aliphatic heterocycles. The molecule has 0 aromatic heterocycles. The van der Waals surface area contributed by atoms with E-state index in [0.717, 1.165) is 38.7 Å². The number of hydrogen-bond donors (Lipinski definition) is 1. The smallest absolute Gasteiger partial charge is 0.193 e. The molecular weight excluding hydrogens is 451 g/mol. The number of nitrogens with one attached hydrogen (secondary N) is 1. The third kappa shape index (κ3) is 7.42. The van der Waals surface area contributed by atoms with Crippen LogP contribution in [0.5, 0.6) is 0 Å². The second-order valence-corrected chi connectivity index (χ2v) is 10.0. The average Bonchev–Trinajstić information content (AvgIpc) is 3.16. The summed E-state index contributed by atoms with van der Waals surface area (Å²) in [5, 5.41) is 3.45. The first-order valence-corrected chi connectivity index (χ1v) is 10.8. The van der Waals surface area contributed by atoms with Crippen LogP contribution in [0.15, 0.2) is 17.1 Å². The zero-order valence-electron chi connectivity index (χ0n) is 15.9. The van der Waals surface area contributed by atoms with Crippen LogP contribution in [0.25, 0.3) is 0 Å². The lowest BCUT2D eigenvalue weighted by Crippen LogP contribution is -2.45. The Hall–Kier alpha value is -0.350. The molecule has 146 valence electrons. The van der Waals surface area contributed by atoms with Gasteiger partial charge in [0, 0.05) is 52.1 Å². The van der Waals surface area contributed by atoms with E-state index < -0.39 is 9.84 Å². The molecule has 1 N–H and O–H groups in total. The van der Waals surface area contributed by atoms with E-state index in [4.69, 9.17) is 0 Å². The van der Waals surface area contributed by atoms with Crippen molar-refractivity contribution < 1.29 is 8.42 Å². The summed E-state index contributed by atoms with van der Waals surface area (Å²) in [7, 11) is -1.10. The molecule has 1 unspecified atom stereocenters. The van der Waals surface area contributed by atoms with E-state index in [0.29, 0.717) is 12.5 Å². The molecule has 0 amide bonds. The highest BCUT2D eigenvalue weighted by Gasteiger charge is 2.30. The van der Waals surface area contributed by atoms with Gasteiger partial charge in [-0.1, -0.05) is 26.0 Å². The van der Waals surface area contributed by atoms with E-state index in [2.05, 4.69) is 46.1 Å². The summed E-state index contributed by atoms with van der Waals surface area (Å²) in [6.45, 7) is 9.06. The van der Waals surface area contributed by atoms with E-state index in [1.54, 1.807) is 0 Å². The molecule has 1 atom stereocenters. The number of guanidine groups is 1. The maximum Gasteiger partial charge on any atom is 0.193 e. The van der Waals surface area contributed by atoms with Crippen LogP contribution >= 0.6 is 24.0 Å². The molecule has 8 heteroatoms. The highest BCUT2D eigenvalue weighted by Crippen LogP contribution is 2.21. The minimum absolute atomic E-state index is 0. The lowest BCUT2D eigenvalue weighted by atomic mass is 9.90. The van der Waals surface area contributed by atoms with Crippen molar-refractivity contribution in [3.8, 4) is 0 Å². The summed E-state index contributed by atoms with van der Waals surface area (Å²) < 4.78 is 22.8. The molecule has 0 aromatic carbocycles. The Labute approximate surface area is 170 Å². The van der Waals surface area contributed by atoms with Crippen LogP contribution in [0.2, 0.25) is 0 Å². The van der Waals surface area contributed by atoms with Crippen LogP contribution < -0.4 is 5.32 Å². The van der Waals surface area contributed by atoms with Crippen LogP contribution in [0.3, 0.4) is 0 Å². The maximum absolute atomic E-state index is 11.4. The molecule has 1 fully saturated rings. The molecule has 0 radical (unpaired) electrons. The monoisotopic (exact) mass is 484 g/mol. The lowest BCUT2D eigenvalue weighted by molar-refractivity contribution is 0.258. The van der Waals surface area contributed by atoms with Gasteiger partial charge in [-0.05, 0) is 18.3 Å². The first-order valence-electron chi connectivity index (χ1n) is 8.72. The molecule has 2 heterocycles. The fourth-order valence-electron chi connectivity index (χ4n) is 3.23. The molecule has 0 bridgehead atoms. The van der Waals surface area contributed by atoms with Crippen LogP contribution in [0.1, 0.15) is 26.7 Å². The zero-order valence-corrected chi connectivity index (χ0v) is 19.0. The van der Waals surface area contributed by atoms with Crippen LogP contribution in [0.4, 0.5) is 0 Å². The second-order valence-electron chi connectivity index (χ2n) is 7.76. The minimum Gasteiger partial charge on any atom is -0.356 e. The van der Waals surface area contributed by atoms with E-state index >= 15 is 0 Å². The standard InChI is InChI=1S/C17H32N4O2S.HI/c1-17(2,8-12-24(4,22)23)14-19-16(18-3)21-11-7-15(13-21)20-9-5-6-10-20;/h5-6,15H,7-14H2,1-4H3,(H,18,19);1H. The highest BCUT2D eigenvalue weighted by atomic mass is 127. The van der Waals surface area contributed by atoms with Gasteiger partial charge >= 0.3 is 0 Å². The van der Waals surface area contributed by atoms with Crippen molar-refractivity contribution in [1.82, 2.24) is 15.1 Å². The van der Waals surface area contributed by atoms with Crippen molar-refractivity contribution in [3.05, 3.63) is 12.2 Å². The molecule has 25 heavy (non-hydrogen) atoms. The van der Waals surface area contributed by atoms with Crippen molar-refractivity contribution in [3.63, 3.8) is 0 Å². The fraction of sp³-hybridized carbons (Fsp3) is 0.824. The normalized spacial score (nSPS) is 22.3. The highest BCUT2D eigenvalue weighted by molar-refractivity contribution is 14.0. The Balaban J connectivity index is 0.00000312. The number of halogens is 1. The van der Waals surface area contributed by atoms with Crippen LogP contribution in [-0.2, 0) is 9.84 Å². The number of nitrogens with zero attached hydrogens (tertiary/aromatic N) is 3. The zero-order chi connectivity index (χ0) is 17.8. The van der Waals surface area contributed by atoms with Gasteiger partial charge in [0.05, 0.1) is 5.75 Å². The van der Waals surface area contributed by atoms with Crippen molar-refractivity contribution >= 4 is 39.8 Å². The van der Waals surface area contributed by atoms with Crippen molar-refractivity contribution in [2.24, 2.45) is 10.4 Å². The molecule has 0 aromatic rings. The van der Waals surface area contributed by atoms with Crippen molar-refractivity contribution in [2.75, 3.05) is 51.8 Å². The molecule has 6 nitrogen and oxygen atoms in total. The Morgan fingerprint density at radius 1 is 1.32 bits per heavy atom. The van der Waals surface area contributed by atoms with Crippen LogP contribution in [-0.4, -0.2) is 82.0 Å². The molecule has 1 saturated heterocycles. The van der Waals surface area contributed by atoms with Gasteiger partial charge in [0.15, 0.2) is 5.96 Å². The fourth-order valence-corrected chi connectivity index (χ4v) is 4.15. The van der Waals surface area contributed by atoms with Gasteiger partial charge in [-0.25, -0.2) is 8.42 Å². The van der Waals surface area contributed by atoms with E-state index in [1.165, 1.54) is 12.7 Å². The SMILES string of the molecule is CN=C(NCC(C)(C)CCS(C)(=O)=O)N1CCC(N2CC=CC2)C1.I. The van der Waals surface area contributed by atoms with Crippen LogP contribution in [0, 0.1) is 5.41 Å². The first-order chi connectivity index (χ1) is 11.2. The third-order valence-electron chi connectivity index (χ3n) is 4.91. The summed E-state index contributed by atoms with van der Waals surface area (Å²) in [6, 6.07) is 0.594. The maximum atomic E-state index is 11.4. The third-order valence-corrected chi connectivity index (χ3v) is 5.86. The predicted molar refractivity (Wildman–Crippen MR) is 116 cm³/mol. The van der Waals surface area contributed by atoms with Gasteiger partial charge in [0.1, 0.15) is 9.84 Å². The summed E-state index contributed by atoms with van der Waals surface area (Å²) in [5.74, 6) is 1.16. The molecule has 2 aliphatic rings. The average molecular weight is 484 g/mol. The Morgan fingerprint density at radius 2 is 1.96 bits per heavy atom. The summed E-state index contributed by atoms with van der Waals surface area (Å²) in [6.07, 6.45) is 7.59. The lowest BCUT2D eigenvalue weighted by Gasteiger charge is -2.29. The molecular formula is C17H33IN4O2S. The summed E-state index contributed by atoms with van der Waals surface area (Å²) in [4.78, 5) is 9.24. The largest absolute Gasteiger partial charge is 0.356 e. The summed E-state index contributed by atoms with van der Waals surface area (Å²) >= 11 is 0. The van der Waals surface area contributed by atoms with Gasteiger partial charge < -0.3 is 10.2 Å². The predicted octanol–water partition coefficient (Wildman–Crippen LogP) is 1.59. The van der Waals surface area contributed by atoms with E-state index in [1.807, 2.05) is 7.05 Å². The van der Waals surface area contributed by atoms with Gasteiger partial charge in [-0.2, -0.15) is 0 Å². The Bertz CT molecular complexity index is 581.